The second-order valence-electron chi connectivity index (χ2n) is 2.93. The molecule has 0 saturated heterocycles. The van der Waals surface area contributed by atoms with E-state index in [1.54, 1.807) is 11.3 Å². The predicted octanol–water partition coefficient (Wildman–Crippen LogP) is 3.15. The van der Waals surface area contributed by atoms with Crippen molar-refractivity contribution >= 4 is 49.7 Å². The number of nitrogen functional groups attached to an aromatic ring is 1. The van der Waals surface area contributed by atoms with E-state index in [0.717, 1.165) is 24.9 Å². The predicted molar refractivity (Wildman–Crippen MR) is 68.3 cm³/mol. The van der Waals surface area contributed by atoms with Crippen LogP contribution in [0, 0.1) is 14.9 Å². The summed E-state index contributed by atoms with van der Waals surface area (Å²) in [7, 11) is 0. The number of hydrogen-bond acceptors (Lipinski definition) is 3. The Labute approximate surface area is 99.5 Å². The number of halogens is 1. The lowest BCUT2D eigenvalue weighted by Gasteiger charge is -2.05. The van der Waals surface area contributed by atoms with Gasteiger partial charge in [-0.2, -0.15) is 5.26 Å². The van der Waals surface area contributed by atoms with E-state index in [4.69, 9.17) is 11.0 Å². The monoisotopic (exact) mass is 314 g/mol. The Morgan fingerprint density at radius 1 is 1.57 bits per heavy atom. The SMILES string of the molecule is N#CCc1cc2sccc2c(N)c1I. The van der Waals surface area contributed by atoms with Crippen molar-refractivity contribution in [1.29, 1.82) is 5.26 Å². The van der Waals surface area contributed by atoms with Gasteiger partial charge in [0, 0.05) is 13.7 Å². The molecule has 0 saturated carbocycles. The topological polar surface area (TPSA) is 49.8 Å². The molecule has 4 heteroatoms. The molecule has 2 aromatic rings. The first-order valence-electron chi connectivity index (χ1n) is 4.05. The highest BCUT2D eigenvalue weighted by atomic mass is 127. The first-order chi connectivity index (χ1) is 6.74. The van der Waals surface area contributed by atoms with Gasteiger partial charge < -0.3 is 5.73 Å². The van der Waals surface area contributed by atoms with Crippen LogP contribution >= 0.6 is 33.9 Å². The van der Waals surface area contributed by atoms with Crippen molar-refractivity contribution in [2.75, 3.05) is 5.73 Å². The molecule has 1 aromatic carbocycles. The number of nitrogens with two attached hydrogens (primary N) is 1. The molecule has 0 aliphatic heterocycles. The quantitative estimate of drug-likeness (QED) is 0.649. The van der Waals surface area contributed by atoms with Gasteiger partial charge in [-0.15, -0.1) is 11.3 Å². The first kappa shape index (κ1) is 9.74. The summed E-state index contributed by atoms with van der Waals surface area (Å²) in [6, 6.07) is 6.23. The molecule has 0 atom stereocenters. The van der Waals surface area contributed by atoms with E-state index in [0.29, 0.717) is 6.42 Å². The molecule has 1 aromatic heterocycles. The average Bonchev–Trinajstić information content (AvgIpc) is 2.62. The fraction of sp³-hybridized carbons (Fsp3) is 0.100. The minimum absolute atomic E-state index is 0.427. The van der Waals surface area contributed by atoms with Crippen LogP contribution in [0.15, 0.2) is 17.5 Å². The van der Waals surface area contributed by atoms with Gasteiger partial charge in [0.2, 0.25) is 0 Å². The van der Waals surface area contributed by atoms with E-state index in [9.17, 15) is 0 Å². The Hall–Kier alpha value is -0.800. The van der Waals surface area contributed by atoms with Crippen molar-refractivity contribution in [3.05, 3.63) is 26.6 Å². The lowest BCUT2D eigenvalue weighted by Crippen LogP contribution is -1.95. The van der Waals surface area contributed by atoms with Crippen LogP contribution in [0.4, 0.5) is 5.69 Å². The Morgan fingerprint density at radius 3 is 3.07 bits per heavy atom. The summed E-state index contributed by atoms with van der Waals surface area (Å²) in [6.45, 7) is 0. The van der Waals surface area contributed by atoms with E-state index in [2.05, 4.69) is 34.7 Å². The van der Waals surface area contributed by atoms with Crippen LogP contribution in [-0.4, -0.2) is 0 Å². The van der Waals surface area contributed by atoms with Gasteiger partial charge in [-0.1, -0.05) is 0 Å². The summed E-state index contributed by atoms with van der Waals surface area (Å²) in [4.78, 5) is 0. The van der Waals surface area contributed by atoms with Crippen molar-refractivity contribution in [2.24, 2.45) is 0 Å². The van der Waals surface area contributed by atoms with Gasteiger partial charge in [0.1, 0.15) is 0 Å². The van der Waals surface area contributed by atoms with Gasteiger partial charge in [-0.3, -0.25) is 0 Å². The molecule has 2 nitrogen and oxygen atoms in total. The summed E-state index contributed by atoms with van der Waals surface area (Å²) in [5.74, 6) is 0. The van der Waals surface area contributed by atoms with Crippen LogP contribution in [0.1, 0.15) is 5.56 Å². The zero-order valence-electron chi connectivity index (χ0n) is 7.25. The highest BCUT2D eigenvalue weighted by molar-refractivity contribution is 14.1. The molecule has 0 radical (unpaired) electrons. The third-order valence-corrected chi connectivity index (χ3v) is 4.22. The molecule has 0 fully saturated rings. The third kappa shape index (κ3) is 1.47. The molecule has 0 amide bonds. The number of benzene rings is 1. The summed E-state index contributed by atoms with van der Waals surface area (Å²) in [5, 5.41) is 11.8. The molecule has 2 N–H and O–H groups in total. The summed E-state index contributed by atoms with van der Waals surface area (Å²) in [5.41, 5.74) is 7.81. The Bertz CT molecular complexity index is 525. The maximum Gasteiger partial charge on any atom is 0.0670 e. The third-order valence-electron chi connectivity index (χ3n) is 2.08. The summed E-state index contributed by atoms with van der Waals surface area (Å²) < 4.78 is 2.17. The molecule has 0 aliphatic rings. The van der Waals surface area contributed by atoms with E-state index in [1.165, 1.54) is 0 Å². The number of nitriles is 1. The van der Waals surface area contributed by atoms with E-state index in [-0.39, 0.29) is 0 Å². The maximum absolute atomic E-state index is 8.67. The number of nitrogens with zero attached hydrogens (tertiary/aromatic N) is 1. The van der Waals surface area contributed by atoms with Crippen molar-refractivity contribution in [2.45, 2.75) is 6.42 Å². The van der Waals surface area contributed by atoms with Gasteiger partial charge in [-0.05, 0) is 45.7 Å². The van der Waals surface area contributed by atoms with E-state index < -0.39 is 0 Å². The fourth-order valence-electron chi connectivity index (χ4n) is 1.38. The average molecular weight is 314 g/mol. The van der Waals surface area contributed by atoms with Crippen LogP contribution in [0.5, 0.6) is 0 Å². The minimum Gasteiger partial charge on any atom is -0.397 e. The summed E-state index contributed by atoms with van der Waals surface area (Å²) >= 11 is 3.86. The fourth-order valence-corrected chi connectivity index (χ4v) is 2.88. The van der Waals surface area contributed by atoms with Crippen LogP contribution in [-0.2, 0) is 6.42 Å². The molecule has 70 valence electrons. The molecule has 1 heterocycles. The number of fused-ring (bicyclic) bond motifs is 1. The number of hydrogen-bond donors (Lipinski definition) is 1. The van der Waals surface area contributed by atoms with Gasteiger partial charge in [0.25, 0.3) is 0 Å². The van der Waals surface area contributed by atoms with Crippen LogP contribution in [0.2, 0.25) is 0 Å². The van der Waals surface area contributed by atoms with E-state index in [1.807, 2.05) is 11.4 Å². The largest absolute Gasteiger partial charge is 0.397 e. The van der Waals surface area contributed by atoms with Crippen molar-refractivity contribution in [3.63, 3.8) is 0 Å². The molecular formula is C10H7IN2S. The highest BCUT2D eigenvalue weighted by Gasteiger charge is 2.08. The second kappa shape index (κ2) is 3.75. The molecule has 2 rings (SSSR count). The van der Waals surface area contributed by atoms with Crippen molar-refractivity contribution in [1.82, 2.24) is 0 Å². The van der Waals surface area contributed by atoms with Crippen LogP contribution in [0.25, 0.3) is 10.1 Å². The van der Waals surface area contributed by atoms with Crippen LogP contribution < -0.4 is 5.73 Å². The molecule has 0 spiro atoms. The van der Waals surface area contributed by atoms with E-state index >= 15 is 0 Å². The van der Waals surface area contributed by atoms with Gasteiger partial charge in [0.15, 0.2) is 0 Å². The minimum atomic E-state index is 0.427. The van der Waals surface area contributed by atoms with Crippen molar-refractivity contribution in [3.8, 4) is 6.07 Å². The Kier molecular flexibility index (Phi) is 2.61. The molecule has 0 unspecified atom stereocenters. The maximum atomic E-state index is 8.67. The zero-order chi connectivity index (χ0) is 10.1. The molecular weight excluding hydrogens is 307 g/mol. The highest BCUT2D eigenvalue weighted by Crippen LogP contribution is 2.32. The van der Waals surface area contributed by atoms with Crippen LogP contribution in [0.3, 0.4) is 0 Å². The van der Waals surface area contributed by atoms with Gasteiger partial charge in [0.05, 0.1) is 18.2 Å². The Balaban J connectivity index is 2.75. The van der Waals surface area contributed by atoms with Crippen molar-refractivity contribution < 1.29 is 0 Å². The summed E-state index contributed by atoms with van der Waals surface area (Å²) in [6.07, 6.45) is 0.427. The smallest absolute Gasteiger partial charge is 0.0670 e. The standard InChI is InChI=1S/C10H7IN2S/c11-9-6(1-3-12)5-8-7(10(9)13)2-4-14-8/h2,4-5H,1,13H2. The normalized spacial score (nSPS) is 10.3. The lowest BCUT2D eigenvalue weighted by molar-refractivity contribution is 1.26. The zero-order valence-corrected chi connectivity index (χ0v) is 10.2. The number of rotatable bonds is 1. The Morgan fingerprint density at radius 2 is 2.36 bits per heavy atom. The first-order valence-corrected chi connectivity index (χ1v) is 6.01. The second-order valence-corrected chi connectivity index (χ2v) is 4.96. The number of anilines is 1. The van der Waals surface area contributed by atoms with Gasteiger partial charge >= 0.3 is 0 Å². The number of thiophene rings is 1. The molecule has 0 bridgehead atoms. The lowest BCUT2D eigenvalue weighted by atomic mass is 10.1. The molecule has 0 aliphatic carbocycles. The van der Waals surface area contributed by atoms with Gasteiger partial charge in [-0.25, -0.2) is 0 Å². The molecule has 14 heavy (non-hydrogen) atoms.